The van der Waals surface area contributed by atoms with E-state index in [0.29, 0.717) is 30.4 Å². The average Bonchev–Trinajstić information content (AvgIpc) is 2.59. The Hall–Kier alpha value is -2.45. The van der Waals surface area contributed by atoms with Crippen molar-refractivity contribution in [3.05, 3.63) is 41.6 Å². The second kappa shape index (κ2) is 7.28. The number of pyridine rings is 1. The molecule has 0 aromatic carbocycles. The molecule has 0 atom stereocenters. The number of nitrogens with one attached hydrogen (secondary N) is 1. The molecule has 146 valence electrons. The molecule has 0 amide bonds. The number of anilines is 2. The third-order valence-corrected chi connectivity index (χ3v) is 4.62. The van der Waals surface area contributed by atoms with Crippen LogP contribution in [0, 0.1) is 13.8 Å². The van der Waals surface area contributed by atoms with E-state index >= 15 is 4.39 Å². The summed E-state index contributed by atoms with van der Waals surface area (Å²) in [5.41, 5.74) is -0.951. The van der Waals surface area contributed by atoms with Gasteiger partial charge in [0, 0.05) is 37.7 Å². The SMILES string of the molecule is Cc1cc(NCC2(F)CCN(c3ccc(C(F)(F)F)nc3)CC2)nc(C)n1. The molecule has 0 unspecified atom stereocenters. The largest absolute Gasteiger partial charge is 0.433 e. The van der Waals surface area contributed by atoms with E-state index in [0.717, 1.165) is 11.8 Å². The second-order valence-corrected chi connectivity index (χ2v) is 6.83. The number of hydrogen-bond acceptors (Lipinski definition) is 5. The molecule has 1 N–H and O–H groups in total. The summed E-state index contributed by atoms with van der Waals surface area (Å²) in [7, 11) is 0. The Bertz CT molecular complexity index is 763. The molecule has 9 heteroatoms. The van der Waals surface area contributed by atoms with Crippen LogP contribution >= 0.6 is 0 Å². The summed E-state index contributed by atoms with van der Waals surface area (Å²) in [4.78, 5) is 13.7. The van der Waals surface area contributed by atoms with Crippen LogP contribution in [0.3, 0.4) is 0 Å². The molecule has 1 aliphatic rings. The van der Waals surface area contributed by atoms with Crippen molar-refractivity contribution in [1.82, 2.24) is 15.0 Å². The molecule has 3 rings (SSSR count). The van der Waals surface area contributed by atoms with Crippen LogP contribution in [-0.2, 0) is 6.18 Å². The fraction of sp³-hybridized carbons (Fsp3) is 0.500. The maximum absolute atomic E-state index is 15.1. The Kier molecular flexibility index (Phi) is 5.21. The lowest BCUT2D eigenvalue weighted by Gasteiger charge is -2.37. The van der Waals surface area contributed by atoms with Gasteiger partial charge in [0.1, 0.15) is 23.0 Å². The number of rotatable bonds is 4. The summed E-state index contributed by atoms with van der Waals surface area (Å²) >= 11 is 0. The van der Waals surface area contributed by atoms with E-state index in [-0.39, 0.29) is 19.4 Å². The van der Waals surface area contributed by atoms with Crippen molar-refractivity contribution in [3.8, 4) is 0 Å². The molecular weight excluding hydrogens is 362 g/mol. The number of halogens is 4. The van der Waals surface area contributed by atoms with Gasteiger partial charge in [-0.25, -0.2) is 19.3 Å². The zero-order chi connectivity index (χ0) is 19.7. The summed E-state index contributed by atoms with van der Waals surface area (Å²) in [5.74, 6) is 1.21. The molecule has 1 saturated heterocycles. The van der Waals surface area contributed by atoms with E-state index in [4.69, 9.17) is 0 Å². The van der Waals surface area contributed by atoms with E-state index in [1.807, 2.05) is 11.8 Å². The highest BCUT2D eigenvalue weighted by Gasteiger charge is 2.35. The number of alkyl halides is 4. The van der Waals surface area contributed by atoms with Crippen LogP contribution in [0.2, 0.25) is 0 Å². The minimum Gasteiger partial charge on any atom is -0.370 e. The lowest BCUT2D eigenvalue weighted by atomic mass is 9.93. The van der Waals surface area contributed by atoms with Crippen LogP contribution in [0.15, 0.2) is 24.4 Å². The van der Waals surface area contributed by atoms with Gasteiger partial charge in [0.25, 0.3) is 0 Å². The Morgan fingerprint density at radius 2 is 1.85 bits per heavy atom. The summed E-state index contributed by atoms with van der Waals surface area (Å²) in [6, 6.07) is 4.10. The van der Waals surface area contributed by atoms with E-state index in [1.165, 1.54) is 12.3 Å². The van der Waals surface area contributed by atoms with Crippen molar-refractivity contribution in [3.63, 3.8) is 0 Å². The van der Waals surface area contributed by atoms with Gasteiger partial charge in [-0.3, -0.25) is 0 Å². The van der Waals surface area contributed by atoms with E-state index in [2.05, 4.69) is 20.3 Å². The first kappa shape index (κ1) is 19.3. The molecule has 5 nitrogen and oxygen atoms in total. The highest BCUT2D eigenvalue weighted by atomic mass is 19.4. The molecule has 0 aliphatic carbocycles. The van der Waals surface area contributed by atoms with Gasteiger partial charge in [0.05, 0.1) is 18.4 Å². The van der Waals surface area contributed by atoms with Crippen molar-refractivity contribution in [2.45, 2.75) is 38.5 Å². The maximum atomic E-state index is 15.1. The zero-order valence-corrected chi connectivity index (χ0v) is 15.1. The summed E-state index contributed by atoms with van der Waals surface area (Å²) in [5, 5.41) is 3.03. The predicted molar refractivity (Wildman–Crippen MR) is 94.5 cm³/mol. The topological polar surface area (TPSA) is 53.9 Å². The van der Waals surface area contributed by atoms with Crippen molar-refractivity contribution >= 4 is 11.5 Å². The predicted octanol–water partition coefficient (Wildman–Crippen LogP) is 3.93. The maximum Gasteiger partial charge on any atom is 0.433 e. The van der Waals surface area contributed by atoms with E-state index in [1.54, 1.807) is 13.0 Å². The molecule has 0 saturated carbocycles. The molecule has 3 heterocycles. The van der Waals surface area contributed by atoms with E-state index < -0.39 is 17.5 Å². The second-order valence-electron chi connectivity index (χ2n) is 6.83. The normalized spacial score (nSPS) is 17.0. The molecule has 2 aromatic rings. The van der Waals surface area contributed by atoms with Crippen LogP contribution in [0.4, 0.5) is 29.1 Å². The first-order chi connectivity index (χ1) is 12.6. The van der Waals surface area contributed by atoms with Crippen LogP contribution in [0.25, 0.3) is 0 Å². The molecule has 2 aromatic heterocycles. The summed E-state index contributed by atoms with van der Waals surface area (Å²) in [6.45, 7) is 4.57. The van der Waals surface area contributed by atoms with Crippen LogP contribution in [-0.4, -0.2) is 40.3 Å². The van der Waals surface area contributed by atoms with Gasteiger partial charge in [0.15, 0.2) is 0 Å². The van der Waals surface area contributed by atoms with Gasteiger partial charge in [-0.15, -0.1) is 0 Å². The van der Waals surface area contributed by atoms with Crippen molar-refractivity contribution in [2.24, 2.45) is 0 Å². The lowest BCUT2D eigenvalue weighted by molar-refractivity contribution is -0.141. The van der Waals surface area contributed by atoms with Crippen LogP contribution < -0.4 is 10.2 Å². The first-order valence-corrected chi connectivity index (χ1v) is 8.68. The van der Waals surface area contributed by atoms with Gasteiger partial charge in [-0.05, 0) is 26.0 Å². The monoisotopic (exact) mass is 383 g/mol. The van der Waals surface area contributed by atoms with Gasteiger partial charge >= 0.3 is 6.18 Å². The van der Waals surface area contributed by atoms with E-state index in [9.17, 15) is 13.2 Å². The minimum absolute atomic E-state index is 0.127. The van der Waals surface area contributed by atoms with Crippen LogP contribution in [0.5, 0.6) is 0 Å². The quantitative estimate of drug-likeness (QED) is 0.811. The van der Waals surface area contributed by atoms with Gasteiger partial charge in [0.2, 0.25) is 0 Å². The summed E-state index contributed by atoms with van der Waals surface area (Å²) in [6.07, 6.45) is -2.73. The standard InChI is InChI=1S/C18H21F4N5/c1-12-9-16(26-13(2)25-12)24-11-17(19)5-7-27(8-6-17)14-3-4-15(23-10-14)18(20,21)22/h3-4,9-10H,5-8,11H2,1-2H3,(H,24,25,26). The Balaban J connectivity index is 1.57. The molecule has 1 aliphatic heterocycles. The lowest BCUT2D eigenvalue weighted by Crippen LogP contribution is -2.45. The first-order valence-electron chi connectivity index (χ1n) is 8.68. The Morgan fingerprint density at radius 1 is 1.15 bits per heavy atom. The number of piperidine rings is 1. The fourth-order valence-corrected chi connectivity index (χ4v) is 3.14. The summed E-state index contributed by atoms with van der Waals surface area (Å²) < 4.78 is 52.9. The highest BCUT2D eigenvalue weighted by Crippen LogP contribution is 2.32. The highest BCUT2D eigenvalue weighted by molar-refractivity contribution is 5.45. The average molecular weight is 383 g/mol. The molecule has 0 radical (unpaired) electrons. The van der Waals surface area contributed by atoms with Crippen molar-refractivity contribution in [2.75, 3.05) is 29.9 Å². The molecular formula is C18H21F4N5. The molecule has 0 bridgehead atoms. The Labute approximate surface area is 154 Å². The number of aryl methyl sites for hydroxylation is 2. The molecule has 1 fully saturated rings. The Morgan fingerprint density at radius 3 is 2.41 bits per heavy atom. The zero-order valence-electron chi connectivity index (χ0n) is 15.1. The van der Waals surface area contributed by atoms with Crippen molar-refractivity contribution in [1.29, 1.82) is 0 Å². The van der Waals surface area contributed by atoms with Crippen LogP contribution in [0.1, 0.15) is 30.1 Å². The molecule has 0 spiro atoms. The third kappa shape index (κ3) is 4.84. The van der Waals surface area contributed by atoms with Crippen molar-refractivity contribution < 1.29 is 17.6 Å². The van der Waals surface area contributed by atoms with Gasteiger partial charge in [-0.2, -0.15) is 13.2 Å². The minimum atomic E-state index is -4.46. The third-order valence-electron chi connectivity index (χ3n) is 4.62. The van der Waals surface area contributed by atoms with Gasteiger partial charge in [-0.1, -0.05) is 0 Å². The fourth-order valence-electron chi connectivity index (χ4n) is 3.14. The number of aromatic nitrogens is 3. The van der Waals surface area contributed by atoms with Gasteiger partial charge < -0.3 is 10.2 Å². The number of hydrogen-bond donors (Lipinski definition) is 1. The molecule has 27 heavy (non-hydrogen) atoms. The number of nitrogens with zero attached hydrogens (tertiary/aromatic N) is 4. The smallest absolute Gasteiger partial charge is 0.370 e.